The van der Waals surface area contributed by atoms with Crippen LogP contribution in [0.25, 0.3) is 0 Å². The molecule has 0 aliphatic heterocycles. The Morgan fingerprint density at radius 1 is 0.591 bits per heavy atom. The number of anilines is 2. The van der Waals surface area contributed by atoms with E-state index in [4.69, 9.17) is 27.6 Å². The molecule has 12 nitrogen and oxygen atoms in total. The molecule has 0 spiro atoms. The summed E-state index contributed by atoms with van der Waals surface area (Å²) in [7, 11) is -4.65. The van der Waals surface area contributed by atoms with Gasteiger partial charge in [-0.1, -0.05) is 12.1 Å². The molecule has 2 atom stereocenters. The maximum absolute atomic E-state index is 14.0. The van der Waals surface area contributed by atoms with Gasteiger partial charge in [-0.2, -0.15) is 0 Å². The van der Waals surface area contributed by atoms with Gasteiger partial charge in [-0.25, -0.2) is 0 Å². The smallest absolute Gasteiger partial charge is 0.357 e. The molecule has 0 amide bonds. The van der Waals surface area contributed by atoms with Gasteiger partial charge in [-0.15, -0.1) is 0 Å². The molecule has 0 aromatic heterocycles. The van der Waals surface area contributed by atoms with Crippen LogP contribution in [0.3, 0.4) is 0 Å². The van der Waals surface area contributed by atoms with E-state index in [-0.39, 0.29) is 49.4 Å². The summed E-state index contributed by atoms with van der Waals surface area (Å²) in [5, 5.41) is 26.8. The van der Waals surface area contributed by atoms with Gasteiger partial charge in [-0.05, 0) is 87.4 Å². The van der Waals surface area contributed by atoms with Crippen molar-refractivity contribution < 1.29 is 46.9 Å². The lowest BCUT2D eigenvalue weighted by atomic mass is 10.1. The van der Waals surface area contributed by atoms with Crippen molar-refractivity contribution in [2.24, 2.45) is 0 Å². The third-order valence-electron chi connectivity index (χ3n) is 6.40. The Bertz CT molecular complexity index is 1330. The minimum Gasteiger partial charge on any atom is -0.504 e. The molecular weight excluding hydrogens is 610 g/mol. The van der Waals surface area contributed by atoms with Crippen molar-refractivity contribution in [2.75, 3.05) is 51.3 Å². The van der Waals surface area contributed by atoms with E-state index in [1.54, 1.807) is 76.2 Å². The third kappa shape index (κ3) is 8.47. The van der Waals surface area contributed by atoms with Crippen molar-refractivity contribution in [2.45, 2.75) is 39.3 Å². The van der Waals surface area contributed by atoms with E-state index < -0.39 is 26.8 Å². The number of ether oxygens (including phenoxy) is 2. The highest BCUT2D eigenvalue weighted by molar-refractivity contribution is 7.54. The standard InChI is InChI=1S/C30H42N2O10P2/c1-7-39-43(35,40-8-2)29(21-11-17-25(33)27(19-21)37-5)31-23-13-15-24(16-14-23)32-30(44(36,41-9-3)42-10-4)22-12-18-26(34)28(20-22)38-6/h11-20,29-34H,7-10H2,1-6H3. The minimum atomic E-state index is -3.75. The average molecular weight is 653 g/mol. The molecule has 0 saturated carbocycles. The van der Waals surface area contributed by atoms with E-state index in [1.165, 1.54) is 26.4 Å². The van der Waals surface area contributed by atoms with E-state index in [9.17, 15) is 19.3 Å². The molecule has 4 N–H and O–H groups in total. The van der Waals surface area contributed by atoms with E-state index in [0.29, 0.717) is 22.5 Å². The first kappa shape index (κ1) is 35.2. The van der Waals surface area contributed by atoms with Crippen molar-refractivity contribution in [3.8, 4) is 23.0 Å². The van der Waals surface area contributed by atoms with Crippen LogP contribution in [0.1, 0.15) is 50.4 Å². The molecule has 44 heavy (non-hydrogen) atoms. The van der Waals surface area contributed by atoms with Gasteiger partial charge in [-0.3, -0.25) is 9.13 Å². The van der Waals surface area contributed by atoms with Crippen LogP contribution >= 0.6 is 15.2 Å². The number of phenolic OH excluding ortho intramolecular Hbond substituents is 2. The summed E-state index contributed by atoms with van der Waals surface area (Å²) in [4.78, 5) is 0. The molecule has 242 valence electrons. The van der Waals surface area contributed by atoms with Crippen molar-refractivity contribution in [3.63, 3.8) is 0 Å². The fraction of sp³-hybridized carbons (Fsp3) is 0.400. The zero-order valence-corrected chi connectivity index (χ0v) is 27.6. The Kier molecular flexibility index (Phi) is 13.0. The molecule has 3 rings (SSSR count). The molecule has 3 aromatic rings. The van der Waals surface area contributed by atoms with Crippen molar-refractivity contribution >= 4 is 26.6 Å². The summed E-state index contributed by atoms with van der Waals surface area (Å²) in [6.45, 7) is 7.50. The summed E-state index contributed by atoms with van der Waals surface area (Å²) in [6, 6.07) is 16.3. The summed E-state index contributed by atoms with van der Waals surface area (Å²) >= 11 is 0. The molecule has 3 aromatic carbocycles. The largest absolute Gasteiger partial charge is 0.504 e. The molecule has 0 aliphatic rings. The van der Waals surface area contributed by atoms with E-state index >= 15 is 0 Å². The Balaban J connectivity index is 2.00. The topological polar surface area (TPSA) is 154 Å². The van der Waals surface area contributed by atoms with Gasteiger partial charge in [0.25, 0.3) is 0 Å². The van der Waals surface area contributed by atoms with Crippen LogP contribution in [0.2, 0.25) is 0 Å². The monoisotopic (exact) mass is 652 g/mol. The highest BCUT2D eigenvalue weighted by atomic mass is 31.2. The first-order valence-corrected chi connectivity index (χ1v) is 17.4. The molecule has 0 bridgehead atoms. The second-order valence-electron chi connectivity index (χ2n) is 9.28. The Morgan fingerprint density at radius 2 is 0.909 bits per heavy atom. The molecule has 2 unspecified atom stereocenters. The van der Waals surface area contributed by atoms with E-state index in [2.05, 4.69) is 10.6 Å². The van der Waals surface area contributed by atoms with Gasteiger partial charge in [0.05, 0.1) is 40.6 Å². The van der Waals surface area contributed by atoms with Crippen LogP contribution < -0.4 is 20.1 Å². The van der Waals surface area contributed by atoms with Gasteiger partial charge in [0, 0.05) is 11.4 Å². The van der Waals surface area contributed by atoms with Gasteiger partial charge in [0.2, 0.25) is 0 Å². The molecular formula is C30H42N2O10P2. The molecule has 0 saturated heterocycles. The fourth-order valence-corrected chi connectivity index (χ4v) is 8.34. The van der Waals surface area contributed by atoms with Gasteiger partial charge in [0.15, 0.2) is 34.6 Å². The predicted octanol–water partition coefficient (Wildman–Crippen LogP) is 7.87. The molecule has 0 heterocycles. The van der Waals surface area contributed by atoms with Crippen LogP contribution in [0.4, 0.5) is 11.4 Å². The summed E-state index contributed by atoms with van der Waals surface area (Å²) in [5.41, 5.74) is 2.19. The molecule has 0 aliphatic carbocycles. The predicted molar refractivity (Wildman–Crippen MR) is 170 cm³/mol. The van der Waals surface area contributed by atoms with Gasteiger partial charge in [0.1, 0.15) is 0 Å². The molecule has 14 heteroatoms. The van der Waals surface area contributed by atoms with Gasteiger partial charge >= 0.3 is 15.2 Å². The average Bonchev–Trinajstić information content (AvgIpc) is 3.00. The first-order chi connectivity index (χ1) is 21.1. The lowest BCUT2D eigenvalue weighted by Crippen LogP contribution is -2.16. The maximum atomic E-state index is 14.0. The lowest BCUT2D eigenvalue weighted by molar-refractivity contribution is 0.213. The highest BCUT2D eigenvalue weighted by Crippen LogP contribution is 2.62. The van der Waals surface area contributed by atoms with Crippen molar-refractivity contribution in [3.05, 3.63) is 71.8 Å². The number of benzene rings is 3. The van der Waals surface area contributed by atoms with Crippen LogP contribution in [0, 0.1) is 0 Å². The second kappa shape index (κ2) is 16.2. The normalized spacial score (nSPS) is 13.2. The fourth-order valence-electron chi connectivity index (χ4n) is 4.49. The van der Waals surface area contributed by atoms with E-state index in [0.717, 1.165) is 0 Å². The number of rotatable bonds is 18. The Labute approximate surface area is 258 Å². The number of phenols is 2. The number of methoxy groups -OCH3 is 2. The van der Waals surface area contributed by atoms with E-state index in [1.807, 2.05) is 0 Å². The van der Waals surface area contributed by atoms with Crippen molar-refractivity contribution in [1.82, 2.24) is 0 Å². The molecule has 0 radical (unpaired) electrons. The highest BCUT2D eigenvalue weighted by Gasteiger charge is 2.39. The minimum absolute atomic E-state index is 0.0646. The van der Waals surface area contributed by atoms with Crippen LogP contribution in [-0.4, -0.2) is 50.9 Å². The summed E-state index contributed by atoms with van der Waals surface area (Å²) < 4.78 is 61.1. The third-order valence-corrected chi connectivity index (χ3v) is 11.0. The SMILES string of the molecule is CCOP(=O)(OCC)C(Nc1ccc(NC(c2ccc(O)c(OC)c2)P(=O)(OCC)OCC)cc1)c1ccc(O)c(OC)c1. The maximum Gasteiger partial charge on any atom is 0.357 e. The van der Waals surface area contributed by atoms with Crippen LogP contribution in [-0.2, 0) is 27.2 Å². The first-order valence-electron chi connectivity index (χ1n) is 14.2. The van der Waals surface area contributed by atoms with Crippen LogP contribution in [0.15, 0.2) is 60.7 Å². The number of aromatic hydroxyl groups is 2. The lowest BCUT2D eigenvalue weighted by Gasteiger charge is -2.29. The number of nitrogens with one attached hydrogen (secondary N) is 2. The van der Waals surface area contributed by atoms with Crippen LogP contribution in [0.5, 0.6) is 23.0 Å². The second-order valence-corrected chi connectivity index (χ2v) is 13.5. The van der Waals surface area contributed by atoms with Crippen molar-refractivity contribution in [1.29, 1.82) is 0 Å². The zero-order valence-electron chi connectivity index (χ0n) is 25.8. The quantitative estimate of drug-likeness (QED) is 0.0989. The Hall–Kier alpha value is -3.24. The summed E-state index contributed by atoms with van der Waals surface area (Å²) in [6.07, 6.45) is 0. The van der Waals surface area contributed by atoms with Gasteiger partial charge < -0.3 is 48.4 Å². The zero-order chi connectivity index (χ0) is 32.3. The Morgan fingerprint density at radius 3 is 1.18 bits per heavy atom. The number of hydrogen-bond donors (Lipinski definition) is 4. The summed E-state index contributed by atoms with van der Waals surface area (Å²) in [5.74, 6) is -1.60. The number of hydrogen-bond acceptors (Lipinski definition) is 12. The molecule has 0 fully saturated rings.